The molecule has 0 saturated heterocycles. The largest absolute Gasteiger partial charge is 0.445 e. The highest BCUT2D eigenvalue weighted by Gasteiger charge is 2.22. The van der Waals surface area contributed by atoms with E-state index in [0.29, 0.717) is 13.1 Å². The summed E-state index contributed by atoms with van der Waals surface area (Å²) in [6, 6.07) is 14.3. The molecule has 0 N–H and O–H groups in total. The number of nitro groups is 1. The number of nitrogens with zero attached hydrogens (tertiary/aromatic N) is 2. The molecule has 0 aromatic heterocycles. The third kappa shape index (κ3) is 3.71. The van der Waals surface area contributed by atoms with Crippen LogP contribution in [-0.2, 0) is 24.3 Å². The van der Waals surface area contributed by atoms with E-state index in [1.165, 1.54) is 6.07 Å². The third-order valence-corrected chi connectivity index (χ3v) is 4.10. The Morgan fingerprint density at radius 1 is 1.17 bits per heavy atom. The number of fused-ring (bicyclic) bond motifs is 1. The van der Waals surface area contributed by atoms with Gasteiger partial charge in [-0.1, -0.05) is 36.4 Å². The van der Waals surface area contributed by atoms with Crippen LogP contribution in [0.15, 0.2) is 48.5 Å². The van der Waals surface area contributed by atoms with Crippen LogP contribution in [0.1, 0.15) is 23.1 Å². The normalized spacial score (nSPS) is 13.8. The van der Waals surface area contributed by atoms with Crippen molar-refractivity contribution in [1.82, 2.24) is 4.90 Å². The molecule has 2 aromatic rings. The van der Waals surface area contributed by atoms with Crippen molar-refractivity contribution in [3.05, 3.63) is 75.3 Å². The van der Waals surface area contributed by atoms with Crippen molar-refractivity contribution in [2.75, 3.05) is 6.54 Å². The molecule has 6 nitrogen and oxygen atoms in total. The Hall–Kier alpha value is -2.89. The first-order valence-electron chi connectivity index (χ1n) is 7.85. The van der Waals surface area contributed by atoms with Gasteiger partial charge >= 0.3 is 6.09 Å². The first kappa shape index (κ1) is 16.0. The summed E-state index contributed by atoms with van der Waals surface area (Å²) in [7, 11) is 0. The van der Waals surface area contributed by atoms with E-state index < -0.39 is 11.0 Å². The summed E-state index contributed by atoms with van der Waals surface area (Å²) < 4.78 is 5.37. The van der Waals surface area contributed by atoms with Crippen LogP contribution in [0.25, 0.3) is 0 Å². The zero-order valence-corrected chi connectivity index (χ0v) is 13.2. The van der Waals surface area contributed by atoms with Gasteiger partial charge in [-0.2, -0.15) is 0 Å². The van der Waals surface area contributed by atoms with Gasteiger partial charge in [0.1, 0.15) is 6.61 Å². The lowest BCUT2D eigenvalue weighted by molar-refractivity contribution is -0.384. The molecule has 1 aliphatic heterocycles. The molecule has 124 valence electrons. The van der Waals surface area contributed by atoms with E-state index >= 15 is 0 Å². The molecule has 1 heterocycles. The van der Waals surface area contributed by atoms with Crippen molar-refractivity contribution in [3.8, 4) is 0 Å². The Bertz CT molecular complexity index is 746. The average molecular weight is 326 g/mol. The highest BCUT2D eigenvalue weighted by molar-refractivity contribution is 5.68. The summed E-state index contributed by atoms with van der Waals surface area (Å²) in [5, 5.41) is 10.9. The van der Waals surface area contributed by atoms with Gasteiger partial charge in [0.15, 0.2) is 0 Å². The minimum atomic E-state index is -0.413. The number of rotatable bonds is 3. The molecule has 0 spiro atoms. The van der Waals surface area contributed by atoms with Crippen LogP contribution < -0.4 is 0 Å². The predicted molar refractivity (Wildman–Crippen MR) is 88.5 cm³/mol. The summed E-state index contributed by atoms with van der Waals surface area (Å²) in [5.41, 5.74) is 2.85. The molecular formula is C18H18N2O4. The first-order valence-corrected chi connectivity index (χ1v) is 7.85. The lowest BCUT2D eigenvalue weighted by Crippen LogP contribution is -2.31. The smallest absolute Gasteiger partial charge is 0.410 e. The van der Waals surface area contributed by atoms with Crippen molar-refractivity contribution in [3.63, 3.8) is 0 Å². The maximum atomic E-state index is 12.3. The van der Waals surface area contributed by atoms with Gasteiger partial charge in [0.25, 0.3) is 5.69 Å². The molecule has 24 heavy (non-hydrogen) atoms. The molecule has 0 bridgehead atoms. The fourth-order valence-electron chi connectivity index (χ4n) is 2.83. The Morgan fingerprint density at radius 3 is 2.71 bits per heavy atom. The summed E-state index contributed by atoms with van der Waals surface area (Å²) in [4.78, 5) is 24.5. The van der Waals surface area contributed by atoms with Crippen LogP contribution in [0, 0.1) is 10.1 Å². The highest BCUT2D eigenvalue weighted by Crippen LogP contribution is 2.24. The SMILES string of the molecule is O=C(OCc1ccccc1)N1CCCc2ccc([N+](=O)[O-])cc2C1. The molecule has 0 fully saturated rings. The summed E-state index contributed by atoms with van der Waals surface area (Å²) >= 11 is 0. The molecule has 0 aliphatic carbocycles. The van der Waals surface area contributed by atoms with E-state index in [-0.39, 0.29) is 12.3 Å². The van der Waals surface area contributed by atoms with Crippen molar-refractivity contribution >= 4 is 11.8 Å². The number of benzene rings is 2. The van der Waals surface area contributed by atoms with Crippen molar-refractivity contribution in [1.29, 1.82) is 0 Å². The van der Waals surface area contributed by atoms with Gasteiger partial charge in [0, 0.05) is 25.2 Å². The van der Waals surface area contributed by atoms with Gasteiger partial charge < -0.3 is 9.64 Å². The van der Waals surface area contributed by atoms with Gasteiger partial charge in [-0.25, -0.2) is 4.79 Å². The minimum Gasteiger partial charge on any atom is -0.445 e. The van der Waals surface area contributed by atoms with E-state index in [2.05, 4.69) is 0 Å². The molecule has 2 aromatic carbocycles. The maximum absolute atomic E-state index is 12.3. The molecular weight excluding hydrogens is 308 g/mol. The highest BCUT2D eigenvalue weighted by atomic mass is 16.6. The Balaban J connectivity index is 1.69. The van der Waals surface area contributed by atoms with Crippen LogP contribution in [0.5, 0.6) is 0 Å². The van der Waals surface area contributed by atoms with Gasteiger partial charge in [0.2, 0.25) is 0 Å². The molecule has 0 unspecified atom stereocenters. The zero-order valence-electron chi connectivity index (χ0n) is 13.2. The monoisotopic (exact) mass is 326 g/mol. The lowest BCUT2D eigenvalue weighted by atomic mass is 10.0. The molecule has 6 heteroatoms. The number of hydrogen-bond donors (Lipinski definition) is 0. The van der Waals surface area contributed by atoms with E-state index in [4.69, 9.17) is 4.74 Å². The fourth-order valence-corrected chi connectivity index (χ4v) is 2.83. The Labute approximate surface area is 139 Å². The van der Waals surface area contributed by atoms with E-state index in [1.807, 2.05) is 30.3 Å². The van der Waals surface area contributed by atoms with Crippen LogP contribution >= 0.6 is 0 Å². The fraction of sp³-hybridized carbons (Fsp3) is 0.278. The number of amides is 1. The Kier molecular flexibility index (Phi) is 4.74. The van der Waals surface area contributed by atoms with Crippen molar-refractivity contribution in [2.24, 2.45) is 0 Å². The van der Waals surface area contributed by atoms with Crippen LogP contribution in [-0.4, -0.2) is 22.5 Å². The topological polar surface area (TPSA) is 72.7 Å². The van der Waals surface area contributed by atoms with E-state index in [1.54, 1.807) is 17.0 Å². The molecule has 0 atom stereocenters. The summed E-state index contributed by atoms with van der Waals surface area (Å²) in [5.74, 6) is 0. The van der Waals surface area contributed by atoms with Gasteiger partial charge in [-0.05, 0) is 29.5 Å². The van der Waals surface area contributed by atoms with Crippen molar-refractivity contribution < 1.29 is 14.5 Å². The molecule has 3 rings (SSSR count). The predicted octanol–water partition coefficient (Wildman–Crippen LogP) is 3.68. The second kappa shape index (κ2) is 7.12. The van der Waals surface area contributed by atoms with E-state index in [0.717, 1.165) is 29.5 Å². The van der Waals surface area contributed by atoms with Crippen LogP contribution in [0.4, 0.5) is 10.5 Å². The quantitative estimate of drug-likeness (QED) is 0.637. The van der Waals surface area contributed by atoms with Gasteiger partial charge in [0.05, 0.1) is 4.92 Å². The standard InChI is InChI=1S/C18H18N2O4/c21-18(24-13-14-5-2-1-3-6-14)19-10-4-7-15-8-9-17(20(22)23)11-16(15)12-19/h1-3,5-6,8-9,11H,4,7,10,12-13H2. The number of aryl methyl sites for hydroxylation is 1. The van der Waals surface area contributed by atoms with Crippen LogP contribution in [0.2, 0.25) is 0 Å². The number of hydrogen-bond acceptors (Lipinski definition) is 4. The number of ether oxygens (including phenoxy) is 1. The van der Waals surface area contributed by atoms with Gasteiger partial charge in [-0.15, -0.1) is 0 Å². The van der Waals surface area contributed by atoms with Crippen molar-refractivity contribution in [2.45, 2.75) is 26.0 Å². The Morgan fingerprint density at radius 2 is 1.96 bits per heavy atom. The van der Waals surface area contributed by atoms with E-state index in [9.17, 15) is 14.9 Å². The minimum absolute atomic E-state index is 0.0493. The number of nitro benzene ring substituents is 1. The molecule has 1 aliphatic rings. The molecule has 0 saturated carbocycles. The number of carbonyl (C=O) groups excluding carboxylic acids is 1. The summed E-state index contributed by atoms with van der Waals surface area (Å²) in [6.07, 6.45) is 1.22. The molecule has 1 amide bonds. The molecule has 0 radical (unpaired) electrons. The number of non-ortho nitro benzene ring substituents is 1. The maximum Gasteiger partial charge on any atom is 0.410 e. The second-order valence-corrected chi connectivity index (χ2v) is 5.78. The third-order valence-electron chi connectivity index (χ3n) is 4.10. The zero-order chi connectivity index (χ0) is 16.9. The van der Waals surface area contributed by atoms with Gasteiger partial charge in [-0.3, -0.25) is 10.1 Å². The summed E-state index contributed by atoms with van der Waals surface area (Å²) in [6.45, 7) is 1.14. The van der Waals surface area contributed by atoms with Crippen LogP contribution in [0.3, 0.4) is 0 Å². The second-order valence-electron chi connectivity index (χ2n) is 5.78. The lowest BCUT2D eigenvalue weighted by Gasteiger charge is -2.20. The average Bonchev–Trinajstić information content (AvgIpc) is 2.82. The first-order chi connectivity index (χ1) is 11.6. The number of carbonyl (C=O) groups is 1.